The molecule has 0 radical (unpaired) electrons. The van der Waals surface area contributed by atoms with Crippen LogP contribution in [0.5, 0.6) is 0 Å². The maximum absolute atomic E-state index is 11.1. The molecule has 0 amide bonds. The Morgan fingerprint density at radius 3 is 2.71 bits per heavy atom. The van der Waals surface area contributed by atoms with E-state index in [1.807, 2.05) is 6.92 Å². The minimum atomic E-state index is -3.60. The Balaban J connectivity index is 2.94. The molecular formula is C7H11BrN2O2S2. The Morgan fingerprint density at radius 2 is 2.29 bits per heavy atom. The smallest absolute Gasteiger partial charge is 0.240 e. The molecule has 3 N–H and O–H groups in total. The van der Waals surface area contributed by atoms with Crippen molar-refractivity contribution in [2.45, 2.75) is 18.4 Å². The van der Waals surface area contributed by atoms with E-state index in [4.69, 9.17) is 5.14 Å². The average molecular weight is 299 g/mol. The van der Waals surface area contributed by atoms with Gasteiger partial charge in [-0.05, 0) is 28.5 Å². The summed E-state index contributed by atoms with van der Waals surface area (Å²) in [7, 11) is -3.60. The maximum atomic E-state index is 11.1. The van der Waals surface area contributed by atoms with Gasteiger partial charge < -0.3 is 5.32 Å². The van der Waals surface area contributed by atoms with Gasteiger partial charge in [0.15, 0.2) is 0 Å². The summed E-state index contributed by atoms with van der Waals surface area (Å²) in [5.74, 6) is 0. The topological polar surface area (TPSA) is 72.2 Å². The van der Waals surface area contributed by atoms with Gasteiger partial charge in [-0.2, -0.15) is 0 Å². The molecule has 0 atom stereocenters. The first-order valence-corrected chi connectivity index (χ1v) is 7.12. The van der Waals surface area contributed by atoms with E-state index in [2.05, 4.69) is 21.2 Å². The number of primary sulfonamides is 1. The fourth-order valence-electron chi connectivity index (χ4n) is 0.927. The van der Waals surface area contributed by atoms with Crippen LogP contribution in [0.25, 0.3) is 0 Å². The number of hydrogen-bond donors (Lipinski definition) is 2. The maximum Gasteiger partial charge on any atom is 0.240 e. The van der Waals surface area contributed by atoms with Gasteiger partial charge in [-0.1, -0.05) is 6.92 Å². The Labute approximate surface area is 95.7 Å². The standard InChI is InChI=1S/C7H11BrN2O2S2/c1-2-10-4-5-3-6(7(8)13-5)14(9,11)12/h3,10H,2,4H2,1H3,(H2,9,11,12). The van der Waals surface area contributed by atoms with Crippen LogP contribution in [0, 0.1) is 0 Å². The van der Waals surface area contributed by atoms with E-state index in [0.29, 0.717) is 10.3 Å². The van der Waals surface area contributed by atoms with E-state index < -0.39 is 10.0 Å². The second-order valence-electron chi connectivity index (χ2n) is 2.68. The lowest BCUT2D eigenvalue weighted by Crippen LogP contribution is -2.12. The molecule has 0 aliphatic heterocycles. The van der Waals surface area contributed by atoms with Crippen molar-refractivity contribution in [1.82, 2.24) is 5.32 Å². The van der Waals surface area contributed by atoms with Crippen LogP contribution in [0.2, 0.25) is 0 Å². The Kier molecular flexibility index (Phi) is 4.08. The minimum absolute atomic E-state index is 0.162. The third-order valence-electron chi connectivity index (χ3n) is 1.56. The summed E-state index contributed by atoms with van der Waals surface area (Å²) in [5.41, 5.74) is 0. The summed E-state index contributed by atoms with van der Waals surface area (Å²) in [5, 5.41) is 8.14. The van der Waals surface area contributed by atoms with Gasteiger partial charge in [-0.15, -0.1) is 11.3 Å². The van der Waals surface area contributed by atoms with Gasteiger partial charge in [0.25, 0.3) is 0 Å². The average Bonchev–Trinajstić information content (AvgIpc) is 2.42. The molecule has 0 unspecified atom stereocenters. The summed E-state index contributed by atoms with van der Waals surface area (Å²) in [6.45, 7) is 3.50. The summed E-state index contributed by atoms with van der Waals surface area (Å²) < 4.78 is 22.7. The van der Waals surface area contributed by atoms with Crippen molar-refractivity contribution in [2.75, 3.05) is 6.54 Å². The molecule has 1 heterocycles. The highest BCUT2D eigenvalue weighted by Gasteiger charge is 2.16. The van der Waals surface area contributed by atoms with Crippen LogP contribution in [0.3, 0.4) is 0 Å². The molecule has 1 aromatic heterocycles. The quantitative estimate of drug-likeness (QED) is 0.879. The number of rotatable bonds is 4. The molecule has 0 aliphatic rings. The normalized spacial score (nSPS) is 11.9. The van der Waals surface area contributed by atoms with Crippen molar-refractivity contribution in [2.24, 2.45) is 5.14 Å². The number of thiophene rings is 1. The first kappa shape index (κ1) is 12.1. The van der Waals surface area contributed by atoms with E-state index in [9.17, 15) is 8.42 Å². The van der Waals surface area contributed by atoms with Crippen molar-refractivity contribution in [3.8, 4) is 0 Å². The third-order valence-corrected chi connectivity index (χ3v) is 4.73. The number of nitrogens with one attached hydrogen (secondary N) is 1. The number of halogens is 1. The van der Waals surface area contributed by atoms with E-state index in [1.54, 1.807) is 6.07 Å². The van der Waals surface area contributed by atoms with Crippen LogP contribution in [0.15, 0.2) is 14.7 Å². The molecule has 0 saturated heterocycles. The van der Waals surface area contributed by atoms with Gasteiger partial charge >= 0.3 is 0 Å². The van der Waals surface area contributed by atoms with Gasteiger partial charge in [0.2, 0.25) is 10.0 Å². The van der Waals surface area contributed by atoms with Crippen LogP contribution in [-0.4, -0.2) is 15.0 Å². The first-order valence-electron chi connectivity index (χ1n) is 3.97. The predicted octanol–water partition coefficient (Wildman–Crippen LogP) is 1.27. The molecule has 0 fully saturated rings. The molecule has 0 saturated carbocycles. The predicted molar refractivity (Wildman–Crippen MR) is 60.8 cm³/mol. The van der Waals surface area contributed by atoms with E-state index in [0.717, 1.165) is 11.4 Å². The molecule has 1 aromatic rings. The highest BCUT2D eigenvalue weighted by atomic mass is 79.9. The Hall–Kier alpha value is 0.0500. The molecule has 7 heteroatoms. The molecule has 1 rings (SSSR count). The molecule has 0 spiro atoms. The third kappa shape index (κ3) is 3.03. The van der Waals surface area contributed by atoms with Crippen molar-refractivity contribution in [3.63, 3.8) is 0 Å². The summed E-state index contributed by atoms with van der Waals surface area (Å²) in [6.07, 6.45) is 0. The van der Waals surface area contributed by atoms with Gasteiger partial charge in [0.05, 0.1) is 3.79 Å². The second kappa shape index (κ2) is 4.71. The van der Waals surface area contributed by atoms with E-state index in [1.165, 1.54) is 11.3 Å². The number of nitrogens with two attached hydrogens (primary N) is 1. The van der Waals surface area contributed by atoms with Crippen molar-refractivity contribution < 1.29 is 8.42 Å². The molecule has 80 valence electrons. The largest absolute Gasteiger partial charge is 0.312 e. The van der Waals surface area contributed by atoms with Gasteiger partial charge in [-0.25, -0.2) is 13.6 Å². The number of sulfonamides is 1. The van der Waals surface area contributed by atoms with Crippen LogP contribution in [-0.2, 0) is 16.6 Å². The molecule has 4 nitrogen and oxygen atoms in total. The van der Waals surface area contributed by atoms with Crippen molar-refractivity contribution in [1.29, 1.82) is 0 Å². The van der Waals surface area contributed by atoms with Crippen molar-refractivity contribution in [3.05, 3.63) is 14.7 Å². The van der Waals surface area contributed by atoms with Crippen LogP contribution in [0.1, 0.15) is 11.8 Å². The van der Waals surface area contributed by atoms with E-state index >= 15 is 0 Å². The highest BCUT2D eigenvalue weighted by molar-refractivity contribution is 9.11. The van der Waals surface area contributed by atoms with Crippen molar-refractivity contribution >= 4 is 37.3 Å². The Morgan fingerprint density at radius 1 is 1.64 bits per heavy atom. The lowest BCUT2D eigenvalue weighted by Gasteiger charge is -1.95. The summed E-state index contributed by atoms with van der Waals surface area (Å²) in [6, 6.07) is 1.59. The number of hydrogen-bond acceptors (Lipinski definition) is 4. The molecule has 0 bridgehead atoms. The fourth-order valence-corrected chi connectivity index (χ4v) is 4.16. The monoisotopic (exact) mass is 298 g/mol. The Bertz CT molecular complexity index is 413. The SMILES string of the molecule is CCNCc1cc(S(N)(=O)=O)c(Br)s1. The lowest BCUT2D eigenvalue weighted by atomic mass is 10.4. The van der Waals surface area contributed by atoms with Gasteiger partial charge in [0.1, 0.15) is 4.90 Å². The summed E-state index contributed by atoms with van der Waals surface area (Å²) >= 11 is 4.55. The zero-order valence-electron chi connectivity index (χ0n) is 7.58. The molecular weight excluding hydrogens is 288 g/mol. The second-order valence-corrected chi connectivity index (χ2v) is 6.66. The zero-order chi connectivity index (χ0) is 10.8. The molecule has 0 aliphatic carbocycles. The zero-order valence-corrected chi connectivity index (χ0v) is 10.8. The molecule has 0 aromatic carbocycles. The van der Waals surface area contributed by atoms with E-state index in [-0.39, 0.29) is 4.90 Å². The van der Waals surface area contributed by atoms with Crippen LogP contribution >= 0.6 is 27.3 Å². The van der Waals surface area contributed by atoms with Crippen LogP contribution in [0.4, 0.5) is 0 Å². The fraction of sp³-hybridized carbons (Fsp3) is 0.429. The van der Waals surface area contributed by atoms with Gasteiger partial charge in [-0.3, -0.25) is 0 Å². The molecule has 14 heavy (non-hydrogen) atoms. The van der Waals surface area contributed by atoms with Crippen LogP contribution < -0.4 is 10.5 Å². The summed E-state index contributed by atoms with van der Waals surface area (Å²) in [4.78, 5) is 1.11. The minimum Gasteiger partial charge on any atom is -0.312 e. The first-order chi connectivity index (χ1) is 6.45. The highest BCUT2D eigenvalue weighted by Crippen LogP contribution is 2.30. The lowest BCUT2D eigenvalue weighted by molar-refractivity contribution is 0.597. The van der Waals surface area contributed by atoms with Gasteiger partial charge in [0, 0.05) is 11.4 Å².